The predicted octanol–water partition coefficient (Wildman–Crippen LogP) is 3.78. The number of piperidine rings is 1. The molecule has 3 amide bonds. The Bertz CT molecular complexity index is 983. The monoisotopic (exact) mass is 382 g/mol. The van der Waals surface area contributed by atoms with Crippen LogP contribution in [0.25, 0.3) is 23.1 Å². The Morgan fingerprint density at radius 3 is 2.74 bits per heavy atom. The van der Waals surface area contributed by atoms with E-state index < -0.39 is 0 Å². The first-order chi connectivity index (χ1) is 13.1. The zero-order valence-electron chi connectivity index (χ0n) is 14.6. The third-order valence-electron chi connectivity index (χ3n) is 4.64. The fourth-order valence-electron chi connectivity index (χ4n) is 3.24. The maximum absolute atomic E-state index is 12.3. The first-order valence-corrected chi connectivity index (χ1v) is 9.65. The van der Waals surface area contributed by atoms with Gasteiger partial charge in [-0.2, -0.15) is 0 Å². The minimum Gasteiger partial charge on any atom is -0.464 e. The van der Waals surface area contributed by atoms with Gasteiger partial charge in [0.15, 0.2) is 0 Å². The van der Waals surface area contributed by atoms with E-state index in [1.807, 2.05) is 23.1 Å². The van der Waals surface area contributed by atoms with Crippen LogP contribution in [-0.2, 0) is 9.59 Å². The fraction of sp³-hybridized carbons (Fsp3) is 0.250. The van der Waals surface area contributed by atoms with E-state index in [1.165, 1.54) is 6.42 Å². The van der Waals surface area contributed by atoms with Gasteiger partial charge in [0.2, 0.25) is 5.91 Å². The van der Waals surface area contributed by atoms with Gasteiger partial charge >= 0.3 is 0 Å². The lowest BCUT2D eigenvalue weighted by Crippen LogP contribution is -2.34. The van der Waals surface area contributed by atoms with E-state index in [9.17, 15) is 14.4 Å². The number of rotatable bonds is 3. The molecule has 0 atom stereocenters. The van der Waals surface area contributed by atoms with E-state index in [-0.39, 0.29) is 17.1 Å². The number of likely N-dealkylation sites (tertiary alicyclic amines) is 1. The summed E-state index contributed by atoms with van der Waals surface area (Å²) in [6.07, 6.45) is 9.92. The van der Waals surface area contributed by atoms with Crippen molar-refractivity contribution in [1.29, 1.82) is 0 Å². The second-order valence-electron chi connectivity index (χ2n) is 6.52. The van der Waals surface area contributed by atoms with E-state index in [4.69, 9.17) is 4.42 Å². The van der Waals surface area contributed by atoms with Crippen molar-refractivity contribution < 1.29 is 18.8 Å². The summed E-state index contributed by atoms with van der Waals surface area (Å²) in [6, 6.07) is 5.51. The molecular formula is C20H18N2O4S. The quantitative estimate of drug-likeness (QED) is 0.817. The molecule has 2 aromatic rings. The van der Waals surface area contributed by atoms with Crippen molar-refractivity contribution >= 4 is 51.9 Å². The topological polar surface area (TPSA) is 79.6 Å². The molecule has 1 N–H and O–H groups in total. The number of thioether (sulfide) groups is 1. The number of hydrogen-bond acceptors (Lipinski definition) is 5. The number of furan rings is 1. The van der Waals surface area contributed by atoms with Crippen molar-refractivity contribution in [1.82, 2.24) is 10.2 Å². The van der Waals surface area contributed by atoms with Gasteiger partial charge < -0.3 is 9.32 Å². The maximum Gasteiger partial charge on any atom is 0.290 e. The molecule has 7 heteroatoms. The predicted molar refractivity (Wildman–Crippen MR) is 105 cm³/mol. The van der Waals surface area contributed by atoms with Gasteiger partial charge in [0.05, 0.1) is 11.2 Å². The third-order valence-corrected chi connectivity index (χ3v) is 5.45. The van der Waals surface area contributed by atoms with Crippen LogP contribution in [0, 0.1) is 0 Å². The summed E-state index contributed by atoms with van der Waals surface area (Å²) in [5, 5.41) is 2.72. The van der Waals surface area contributed by atoms with Gasteiger partial charge in [-0.3, -0.25) is 19.7 Å². The number of benzene rings is 1. The second kappa shape index (κ2) is 7.44. The summed E-state index contributed by atoms with van der Waals surface area (Å²) in [5.41, 5.74) is 2.28. The minimum atomic E-state index is -0.385. The molecule has 3 heterocycles. The molecule has 1 aromatic heterocycles. The smallest absolute Gasteiger partial charge is 0.290 e. The van der Waals surface area contributed by atoms with Crippen molar-refractivity contribution in [3.05, 3.63) is 46.6 Å². The molecule has 2 fully saturated rings. The van der Waals surface area contributed by atoms with Crippen LogP contribution in [0.5, 0.6) is 0 Å². The van der Waals surface area contributed by atoms with Gasteiger partial charge in [-0.15, -0.1) is 0 Å². The van der Waals surface area contributed by atoms with Crippen LogP contribution in [0.2, 0.25) is 0 Å². The lowest BCUT2D eigenvalue weighted by molar-refractivity contribution is -0.126. The van der Waals surface area contributed by atoms with Crippen LogP contribution >= 0.6 is 11.8 Å². The molecule has 6 nitrogen and oxygen atoms in total. The number of carbonyl (C=O) groups excluding carboxylic acids is 3. The van der Waals surface area contributed by atoms with Crippen LogP contribution < -0.4 is 5.32 Å². The Hall–Kier alpha value is -2.80. The summed E-state index contributed by atoms with van der Waals surface area (Å²) >= 11 is 0.884. The molecule has 2 saturated heterocycles. The summed E-state index contributed by atoms with van der Waals surface area (Å²) in [6.45, 7) is 1.62. The summed E-state index contributed by atoms with van der Waals surface area (Å²) in [4.78, 5) is 37.5. The normalized spacial score (nSPS) is 19.4. The number of nitrogens with one attached hydrogen (secondary N) is 1. The Kier molecular flexibility index (Phi) is 4.85. The average molecular weight is 382 g/mol. The highest BCUT2D eigenvalue weighted by Crippen LogP contribution is 2.28. The number of nitrogens with zero attached hydrogens (tertiary/aromatic N) is 1. The van der Waals surface area contributed by atoms with Gasteiger partial charge in [0.1, 0.15) is 5.58 Å². The van der Waals surface area contributed by atoms with E-state index in [2.05, 4.69) is 5.32 Å². The number of imide groups is 1. The molecule has 0 aliphatic carbocycles. The average Bonchev–Trinajstić information content (AvgIpc) is 3.22. The van der Waals surface area contributed by atoms with E-state index in [1.54, 1.807) is 24.5 Å². The van der Waals surface area contributed by atoms with Crippen LogP contribution in [0.15, 0.2) is 39.9 Å². The molecule has 2 aliphatic heterocycles. The SMILES string of the molecule is O=C1NC(=O)/C(=C/c2ccc3occ(/C=C/C(=O)N4CCCCC4)c3c2)S1. The zero-order chi connectivity index (χ0) is 18.8. The van der Waals surface area contributed by atoms with Crippen LogP contribution in [0.1, 0.15) is 30.4 Å². The van der Waals surface area contributed by atoms with Crippen molar-refractivity contribution in [3.8, 4) is 0 Å². The van der Waals surface area contributed by atoms with Crippen molar-refractivity contribution in [2.45, 2.75) is 19.3 Å². The number of carbonyl (C=O) groups is 3. The molecule has 0 spiro atoms. The highest BCUT2D eigenvalue weighted by atomic mass is 32.2. The van der Waals surface area contributed by atoms with Crippen molar-refractivity contribution in [3.63, 3.8) is 0 Å². The van der Waals surface area contributed by atoms with Gasteiger partial charge in [0.25, 0.3) is 11.1 Å². The molecule has 2 aliphatic rings. The number of fused-ring (bicyclic) bond motifs is 1. The molecule has 0 saturated carbocycles. The molecule has 0 unspecified atom stereocenters. The van der Waals surface area contributed by atoms with Crippen molar-refractivity contribution in [2.24, 2.45) is 0 Å². The number of amides is 3. The molecule has 4 rings (SSSR count). The Morgan fingerprint density at radius 1 is 1.19 bits per heavy atom. The molecular weight excluding hydrogens is 364 g/mol. The largest absolute Gasteiger partial charge is 0.464 e. The lowest BCUT2D eigenvalue weighted by atomic mass is 10.1. The first-order valence-electron chi connectivity index (χ1n) is 8.83. The van der Waals surface area contributed by atoms with Gasteiger partial charge in [-0.25, -0.2) is 0 Å². The number of hydrogen-bond donors (Lipinski definition) is 1. The van der Waals surface area contributed by atoms with Crippen LogP contribution in [0.3, 0.4) is 0 Å². The standard InChI is InChI=1S/C20H18N2O4S/c23-18(22-8-2-1-3-9-22)7-5-14-12-26-16-6-4-13(10-15(14)16)11-17-19(24)21-20(25)27-17/h4-7,10-12H,1-3,8-9H2,(H,21,24,25)/b7-5+,17-11-. The summed E-state index contributed by atoms with van der Waals surface area (Å²) in [7, 11) is 0. The van der Waals surface area contributed by atoms with Gasteiger partial charge in [-0.05, 0) is 60.9 Å². The van der Waals surface area contributed by atoms with Crippen molar-refractivity contribution in [2.75, 3.05) is 13.1 Å². The molecule has 1 aromatic carbocycles. The summed E-state index contributed by atoms with van der Waals surface area (Å²) < 4.78 is 5.55. The maximum atomic E-state index is 12.3. The Balaban J connectivity index is 1.58. The van der Waals surface area contributed by atoms with E-state index in [0.717, 1.165) is 54.2 Å². The molecule has 0 bridgehead atoms. The van der Waals surface area contributed by atoms with E-state index >= 15 is 0 Å². The summed E-state index contributed by atoms with van der Waals surface area (Å²) in [5.74, 6) is -0.371. The van der Waals surface area contributed by atoms with Gasteiger partial charge in [-0.1, -0.05) is 6.07 Å². The van der Waals surface area contributed by atoms with Gasteiger partial charge in [0, 0.05) is 30.1 Å². The highest BCUT2D eigenvalue weighted by Gasteiger charge is 2.25. The second-order valence-corrected chi connectivity index (χ2v) is 7.53. The molecule has 0 radical (unpaired) electrons. The van der Waals surface area contributed by atoms with Crippen LogP contribution in [0.4, 0.5) is 4.79 Å². The lowest BCUT2D eigenvalue weighted by Gasteiger charge is -2.25. The molecule has 138 valence electrons. The third kappa shape index (κ3) is 3.83. The zero-order valence-corrected chi connectivity index (χ0v) is 15.4. The first kappa shape index (κ1) is 17.6. The Morgan fingerprint density at radius 2 is 2.00 bits per heavy atom. The fourth-order valence-corrected chi connectivity index (χ4v) is 3.92. The highest BCUT2D eigenvalue weighted by molar-refractivity contribution is 8.18. The molecule has 27 heavy (non-hydrogen) atoms. The Labute approximate surface area is 160 Å². The van der Waals surface area contributed by atoms with Crippen LogP contribution in [-0.4, -0.2) is 35.0 Å². The van der Waals surface area contributed by atoms with E-state index in [0.29, 0.717) is 10.5 Å². The minimum absolute atomic E-state index is 0.0138.